The Bertz CT molecular complexity index is 1080. The Labute approximate surface area is 168 Å². The Morgan fingerprint density at radius 2 is 1.96 bits per heavy atom. The minimum Gasteiger partial charge on any atom is -0.316 e. The smallest absolute Gasteiger partial charge is 0.243 e. The maximum Gasteiger partial charge on any atom is 0.243 e. The molecule has 0 aliphatic carbocycles. The summed E-state index contributed by atoms with van der Waals surface area (Å²) >= 11 is 1.54. The van der Waals surface area contributed by atoms with E-state index in [1.165, 1.54) is 11.3 Å². The minimum absolute atomic E-state index is 0.300. The van der Waals surface area contributed by atoms with Crippen LogP contribution in [0.4, 0.5) is 10.9 Å². The summed E-state index contributed by atoms with van der Waals surface area (Å²) < 4.78 is 27.8. The molecule has 1 fully saturated rings. The summed E-state index contributed by atoms with van der Waals surface area (Å²) in [5, 5.41) is 3.95. The highest BCUT2D eigenvalue weighted by molar-refractivity contribution is 7.89. The van der Waals surface area contributed by atoms with Crippen LogP contribution in [0, 0.1) is 13.8 Å². The van der Waals surface area contributed by atoms with Crippen LogP contribution < -0.4 is 5.32 Å². The van der Waals surface area contributed by atoms with Gasteiger partial charge in [0.05, 0.1) is 16.6 Å². The number of aromatic nitrogens is 3. The molecule has 1 saturated heterocycles. The first kappa shape index (κ1) is 19.0. The Kier molecular flexibility index (Phi) is 5.13. The van der Waals surface area contributed by atoms with Crippen LogP contribution in [0.15, 0.2) is 47.5 Å². The second-order valence-corrected chi connectivity index (χ2v) is 9.84. The number of aryl methyl sites for hydroxylation is 2. The predicted octanol–water partition coefficient (Wildman–Crippen LogP) is 3.82. The van der Waals surface area contributed by atoms with E-state index in [9.17, 15) is 8.42 Å². The van der Waals surface area contributed by atoms with Crippen molar-refractivity contribution in [2.75, 3.05) is 11.9 Å². The van der Waals surface area contributed by atoms with Crippen molar-refractivity contribution >= 4 is 32.3 Å². The molecule has 1 aromatic carbocycles. The average Bonchev–Trinajstić information content (AvgIpc) is 3.31. The van der Waals surface area contributed by atoms with Gasteiger partial charge in [0.25, 0.3) is 0 Å². The fraction of sp³-hybridized carbons (Fsp3) is 0.316. The molecule has 2 aromatic heterocycles. The first-order valence-electron chi connectivity index (χ1n) is 9.05. The molecule has 3 aromatic rings. The molecule has 3 heterocycles. The number of sulfonamides is 1. The molecule has 4 rings (SSSR count). The molecule has 7 nitrogen and oxygen atoms in total. The van der Waals surface area contributed by atoms with Crippen LogP contribution in [0.3, 0.4) is 0 Å². The topological polar surface area (TPSA) is 88.1 Å². The van der Waals surface area contributed by atoms with Crippen molar-refractivity contribution in [1.82, 2.24) is 19.3 Å². The van der Waals surface area contributed by atoms with Crippen molar-refractivity contribution in [3.63, 3.8) is 0 Å². The fourth-order valence-electron chi connectivity index (χ4n) is 3.40. The van der Waals surface area contributed by atoms with E-state index >= 15 is 0 Å². The summed E-state index contributed by atoms with van der Waals surface area (Å²) in [6.07, 6.45) is 3.33. The lowest BCUT2D eigenvalue weighted by Crippen LogP contribution is -2.31. The molecule has 146 valence electrons. The van der Waals surface area contributed by atoms with Crippen molar-refractivity contribution < 1.29 is 8.42 Å². The summed E-state index contributed by atoms with van der Waals surface area (Å²) in [7, 11) is -3.58. The molecular formula is C19H21N5O2S2. The molecule has 0 amide bonds. The van der Waals surface area contributed by atoms with Gasteiger partial charge in [0.1, 0.15) is 11.6 Å². The van der Waals surface area contributed by atoms with E-state index in [0.717, 1.165) is 22.9 Å². The zero-order valence-electron chi connectivity index (χ0n) is 15.7. The summed E-state index contributed by atoms with van der Waals surface area (Å²) in [6.45, 7) is 4.29. The summed E-state index contributed by atoms with van der Waals surface area (Å²) in [6, 6.07) is 10.1. The molecule has 0 saturated carbocycles. The SMILES string of the molecule is Cc1nc(Nc2ncc(C)s2)cc([C@@H]2CCCN2S(=O)(=O)c2ccccc2)n1. The van der Waals surface area contributed by atoms with E-state index in [4.69, 9.17) is 0 Å². The van der Waals surface area contributed by atoms with E-state index in [1.54, 1.807) is 34.8 Å². The maximum atomic E-state index is 13.1. The van der Waals surface area contributed by atoms with Crippen LogP contribution in [0.25, 0.3) is 0 Å². The summed E-state index contributed by atoms with van der Waals surface area (Å²) in [4.78, 5) is 14.7. The zero-order valence-corrected chi connectivity index (χ0v) is 17.3. The number of nitrogens with one attached hydrogen (secondary N) is 1. The Morgan fingerprint density at radius 3 is 2.68 bits per heavy atom. The molecule has 1 aliphatic heterocycles. The van der Waals surface area contributed by atoms with Gasteiger partial charge in [-0.1, -0.05) is 18.2 Å². The molecule has 1 atom stereocenters. The number of hydrogen-bond donors (Lipinski definition) is 1. The maximum absolute atomic E-state index is 13.1. The molecule has 0 radical (unpaired) electrons. The van der Waals surface area contributed by atoms with Crippen molar-refractivity contribution in [3.05, 3.63) is 59.0 Å². The lowest BCUT2D eigenvalue weighted by atomic mass is 10.1. The average molecular weight is 416 g/mol. The first-order chi connectivity index (χ1) is 13.4. The predicted molar refractivity (Wildman–Crippen MR) is 109 cm³/mol. The molecular weight excluding hydrogens is 394 g/mol. The number of rotatable bonds is 5. The van der Waals surface area contributed by atoms with Gasteiger partial charge in [0, 0.05) is 23.7 Å². The van der Waals surface area contributed by atoms with Crippen LogP contribution in [0.5, 0.6) is 0 Å². The van der Waals surface area contributed by atoms with Gasteiger partial charge < -0.3 is 5.32 Å². The van der Waals surface area contributed by atoms with E-state index in [2.05, 4.69) is 20.3 Å². The van der Waals surface area contributed by atoms with Crippen LogP contribution in [0.1, 0.15) is 35.3 Å². The zero-order chi connectivity index (χ0) is 19.7. The van der Waals surface area contributed by atoms with Crippen LogP contribution >= 0.6 is 11.3 Å². The third-order valence-electron chi connectivity index (χ3n) is 4.61. The number of anilines is 2. The quantitative estimate of drug-likeness (QED) is 0.682. The first-order valence-corrected chi connectivity index (χ1v) is 11.3. The van der Waals surface area contributed by atoms with Crippen molar-refractivity contribution in [1.29, 1.82) is 0 Å². The monoisotopic (exact) mass is 415 g/mol. The standard InChI is InChI=1S/C19H21N5O2S2/c1-13-12-20-19(27-13)23-18-11-16(21-14(2)22-18)17-9-6-10-24(17)28(25,26)15-7-4-3-5-8-15/h3-5,7-8,11-12,17H,6,9-10H2,1-2H3,(H,20,21,22,23)/t17-/m0/s1. The minimum atomic E-state index is -3.58. The van der Waals surface area contributed by atoms with Gasteiger partial charge in [-0.2, -0.15) is 4.31 Å². The molecule has 1 N–H and O–H groups in total. The van der Waals surface area contributed by atoms with Crippen molar-refractivity contribution in [2.24, 2.45) is 0 Å². The molecule has 0 bridgehead atoms. The van der Waals surface area contributed by atoms with Gasteiger partial charge >= 0.3 is 0 Å². The van der Waals surface area contributed by atoms with Crippen LogP contribution in [-0.4, -0.2) is 34.2 Å². The van der Waals surface area contributed by atoms with E-state index in [1.807, 2.05) is 26.0 Å². The second kappa shape index (κ2) is 7.57. The summed E-state index contributed by atoms with van der Waals surface area (Å²) in [5.41, 5.74) is 0.709. The van der Waals surface area contributed by atoms with Gasteiger partial charge in [0.15, 0.2) is 5.13 Å². The van der Waals surface area contributed by atoms with Crippen molar-refractivity contribution in [2.45, 2.75) is 37.6 Å². The van der Waals surface area contributed by atoms with Gasteiger partial charge in [-0.15, -0.1) is 11.3 Å². The van der Waals surface area contributed by atoms with E-state index < -0.39 is 10.0 Å². The molecule has 9 heteroatoms. The fourth-order valence-corrected chi connectivity index (χ4v) is 5.76. The van der Waals surface area contributed by atoms with E-state index in [-0.39, 0.29) is 6.04 Å². The van der Waals surface area contributed by atoms with Gasteiger partial charge in [-0.3, -0.25) is 0 Å². The van der Waals surface area contributed by atoms with Crippen LogP contribution in [0.2, 0.25) is 0 Å². The van der Waals surface area contributed by atoms with Gasteiger partial charge in [0.2, 0.25) is 10.0 Å². The second-order valence-electron chi connectivity index (χ2n) is 6.71. The lowest BCUT2D eigenvalue weighted by molar-refractivity contribution is 0.389. The molecule has 1 aliphatic rings. The molecule has 0 unspecified atom stereocenters. The Morgan fingerprint density at radius 1 is 1.18 bits per heavy atom. The number of benzene rings is 1. The highest BCUT2D eigenvalue weighted by Crippen LogP contribution is 2.36. The molecule has 0 spiro atoms. The van der Waals surface area contributed by atoms with Gasteiger partial charge in [-0.05, 0) is 38.8 Å². The lowest BCUT2D eigenvalue weighted by Gasteiger charge is -2.24. The van der Waals surface area contributed by atoms with E-state index in [0.29, 0.717) is 28.8 Å². The highest BCUT2D eigenvalue weighted by Gasteiger charge is 2.37. The third kappa shape index (κ3) is 3.78. The van der Waals surface area contributed by atoms with Crippen molar-refractivity contribution in [3.8, 4) is 0 Å². The summed E-state index contributed by atoms with van der Waals surface area (Å²) in [5.74, 6) is 1.22. The largest absolute Gasteiger partial charge is 0.316 e. The number of hydrogen-bond acceptors (Lipinski definition) is 7. The number of nitrogens with zero attached hydrogens (tertiary/aromatic N) is 4. The number of thiazole rings is 1. The van der Waals surface area contributed by atoms with Crippen LogP contribution in [-0.2, 0) is 10.0 Å². The highest BCUT2D eigenvalue weighted by atomic mass is 32.2. The Hall–Kier alpha value is -2.36. The van der Waals surface area contributed by atoms with Gasteiger partial charge in [-0.25, -0.2) is 23.4 Å². The normalized spacial score (nSPS) is 17.7. The Balaban J connectivity index is 1.66. The third-order valence-corrected chi connectivity index (χ3v) is 7.36. The molecule has 28 heavy (non-hydrogen) atoms.